The molecule has 3 atom stereocenters. The first-order valence-electron chi connectivity index (χ1n) is 10.2. The third-order valence-corrected chi connectivity index (χ3v) is 5.36. The van der Waals surface area contributed by atoms with Crippen molar-refractivity contribution in [1.29, 1.82) is 0 Å². The second-order valence-corrected chi connectivity index (χ2v) is 7.86. The summed E-state index contributed by atoms with van der Waals surface area (Å²) in [6.45, 7) is 2.16. The summed E-state index contributed by atoms with van der Waals surface area (Å²) >= 11 is 1.23. The summed E-state index contributed by atoms with van der Waals surface area (Å²) in [5.74, 6) is 10.1. The highest BCUT2D eigenvalue weighted by molar-refractivity contribution is 8.00. The maximum absolute atomic E-state index is 10.9. The smallest absolute Gasteiger partial charge is 0.321 e. The van der Waals surface area contributed by atoms with E-state index in [0.717, 1.165) is 12.8 Å². The zero-order valence-corrected chi connectivity index (χ0v) is 18.4. The zero-order chi connectivity index (χ0) is 22.6. The summed E-state index contributed by atoms with van der Waals surface area (Å²) in [6, 6.07) is -1.03. The molecule has 0 radical (unpaired) electrons. The lowest BCUT2D eigenvalue weighted by molar-refractivity contribution is -0.138. The SMILES string of the molecule is CCCCCC#CCC#CC=CC=C[C@@H](SC[C@H](N)C(=O)O)[C@@H](O)CCCC(=O)O. The van der Waals surface area contributed by atoms with Crippen LogP contribution < -0.4 is 5.73 Å². The Morgan fingerprint density at radius 2 is 1.87 bits per heavy atom. The number of unbranched alkanes of at least 4 members (excludes halogenated alkanes) is 3. The zero-order valence-electron chi connectivity index (χ0n) is 17.5. The first-order chi connectivity index (χ1) is 14.4. The molecule has 0 aliphatic rings. The molecular formula is C23H33NO5S. The van der Waals surface area contributed by atoms with E-state index >= 15 is 0 Å². The molecule has 0 aliphatic carbocycles. The van der Waals surface area contributed by atoms with Crippen LogP contribution in [0.3, 0.4) is 0 Å². The predicted molar refractivity (Wildman–Crippen MR) is 122 cm³/mol. The van der Waals surface area contributed by atoms with E-state index < -0.39 is 29.3 Å². The maximum Gasteiger partial charge on any atom is 0.321 e. The van der Waals surface area contributed by atoms with Gasteiger partial charge in [0.25, 0.3) is 0 Å². The topological polar surface area (TPSA) is 121 Å². The molecular weight excluding hydrogens is 402 g/mol. The van der Waals surface area contributed by atoms with Crippen molar-refractivity contribution in [3.05, 3.63) is 24.3 Å². The molecule has 0 aromatic carbocycles. The third-order valence-electron chi connectivity index (χ3n) is 3.96. The minimum Gasteiger partial charge on any atom is -0.481 e. The number of nitrogens with two attached hydrogens (primary N) is 1. The van der Waals surface area contributed by atoms with Gasteiger partial charge in [0.1, 0.15) is 6.04 Å². The largest absolute Gasteiger partial charge is 0.481 e. The molecule has 0 heterocycles. The number of allylic oxidation sites excluding steroid dienone is 3. The fourth-order valence-electron chi connectivity index (χ4n) is 2.25. The van der Waals surface area contributed by atoms with E-state index in [0.29, 0.717) is 19.3 Å². The van der Waals surface area contributed by atoms with E-state index in [2.05, 4.69) is 30.6 Å². The van der Waals surface area contributed by atoms with E-state index in [1.165, 1.54) is 24.6 Å². The van der Waals surface area contributed by atoms with Gasteiger partial charge in [0.05, 0.1) is 12.5 Å². The van der Waals surface area contributed by atoms with Crippen LogP contribution in [0.2, 0.25) is 0 Å². The van der Waals surface area contributed by atoms with Crippen molar-refractivity contribution in [1.82, 2.24) is 0 Å². The van der Waals surface area contributed by atoms with Crippen molar-refractivity contribution >= 4 is 23.7 Å². The van der Waals surface area contributed by atoms with Gasteiger partial charge in [0.2, 0.25) is 0 Å². The number of carbonyl (C=O) groups is 2. The number of thioether (sulfide) groups is 1. The minimum atomic E-state index is -1.10. The van der Waals surface area contributed by atoms with Crippen LogP contribution in [0.1, 0.15) is 58.3 Å². The molecule has 0 saturated carbocycles. The third kappa shape index (κ3) is 16.7. The lowest BCUT2D eigenvalue weighted by Crippen LogP contribution is -2.34. The number of aliphatic hydroxyl groups excluding tert-OH is 1. The Labute approximate surface area is 184 Å². The van der Waals surface area contributed by atoms with Crippen molar-refractivity contribution in [2.75, 3.05) is 5.75 Å². The Morgan fingerprint density at radius 3 is 2.53 bits per heavy atom. The summed E-state index contributed by atoms with van der Waals surface area (Å²) < 4.78 is 0. The predicted octanol–water partition coefficient (Wildman–Crippen LogP) is 3.21. The van der Waals surface area contributed by atoms with Gasteiger partial charge < -0.3 is 21.1 Å². The quantitative estimate of drug-likeness (QED) is 0.188. The fourth-order valence-corrected chi connectivity index (χ4v) is 3.39. The molecule has 0 aromatic heterocycles. The Kier molecular flexibility index (Phi) is 17.4. The molecule has 0 aliphatic heterocycles. The van der Waals surface area contributed by atoms with Crippen LogP contribution in [0.4, 0.5) is 0 Å². The second kappa shape index (κ2) is 18.8. The van der Waals surface area contributed by atoms with Gasteiger partial charge in [-0.15, -0.1) is 17.7 Å². The number of aliphatic carboxylic acids is 2. The molecule has 30 heavy (non-hydrogen) atoms. The van der Waals surface area contributed by atoms with E-state index in [1.54, 1.807) is 24.3 Å². The van der Waals surface area contributed by atoms with Gasteiger partial charge in [-0.05, 0) is 25.3 Å². The summed E-state index contributed by atoms with van der Waals surface area (Å²) in [4.78, 5) is 21.5. The monoisotopic (exact) mass is 435 g/mol. The van der Waals surface area contributed by atoms with Crippen molar-refractivity contribution in [3.8, 4) is 23.7 Å². The van der Waals surface area contributed by atoms with Crippen LogP contribution in [-0.2, 0) is 9.59 Å². The van der Waals surface area contributed by atoms with Crippen molar-refractivity contribution in [3.63, 3.8) is 0 Å². The molecule has 0 spiro atoms. The molecule has 0 amide bonds. The van der Waals surface area contributed by atoms with Crippen molar-refractivity contribution < 1.29 is 24.9 Å². The standard InChI is InChI=1S/C23H33NO5S/c1-2-3-4-5-6-7-8-9-10-11-12-13-16-21(30-18-19(24)23(28)29)20(25)15-14-17-22(26)27/h11-13,16,19-21,25H,2-5,8,14-15,17-18,24H2,1H3,(H,26,27)(H,28,29)/t19-,20-,21+/m0/s1. The Morgan fingerprint density at radius 1 is 1.10 bits per heavy atom. The van der Waals surface area contributed by atoms with E-state index in [-0.39, 0.29) is 12.2 Å². The van der Waals surface area contributed by atoms with E-state index in [4.69, 9.17) is 15.9 Å². The molecule has 7 heteroatoms. The number of aliphatic hydroxyl groups is 1. The minimum absolute atomic E-state index is 0.0240. The molecule has 5 N–H and O–H groups in total. The summed E-state index contributed by atoms with van der Waals surface area (Å²) in [5, 5.41) is 27.6. The van der Waals surface area contributed by atoms with Crippen LogP contribution in [0, 0.1) is 23.7 Å². The van der Waals surface area contributed by atoms with Crippen LogP contribution in [0.25, 0.3) is 0 Å². The van der Waals surface area contributed by atoms with Gasteiger partial charge >= 0.3 is 11.9 Å². The van der Waals surface area contributed by atoms with Crippen LogP contribution in [0.5, 0.6) is 0 Å². The summed E-state index contributed by atoms with van der Waals surface area (Å²) in [7, 11) is 0. The van der Waals surface area contributed by atoms with Gasteiger partial charge in [0.15, 0.2) is 0 Å². The van der Waals surface area contributed by atoms with Gasteiger partial charge in [-0.1, -0.05) is 55.8 Å². The second-order valence-electron chi connectivity index (χ2n) is 6.65. The molecule has 0 aromatic rings. The number of hydrogen-bond donors (Lipinski definition) is 4. The van der Waals surface area contributed by atoms with E-state index in [1.807, 2.05) is 0 Å². The average molecular weight is 436 g/mol. The average Bonchev–Trinajstić information content (AvgIpc) is 2.70. The molecule has 166 valence electrons. The normalized spacial score (nSPS) is 13.8. The van der Waals surface area contributed by atoms with Gasteiger partial charge in [-0.25, -0.2) is 0 Å². The highest BCUT2D eigenvalue weighted by Gasteiger charge is 2.20. The number of rotatable bonds is 14. The highest BCUT2D eigenvalue weighted by atomic mass is 32.2. The number of hydrogen-bond acceptors (Lipinski definition) is 5. The van der Waals surface area contributed by atoms with E-state index in [9.17, 15) is 14.7 Å². The summed E-state index contributed by atoms with van der Waals surface area (Å²) in [6.07, 6.45) is 11.7. The summed E-state index contributed by atoms with van der Waals surface area (Å²) in [5.41, 5.74) is 5.53. The maximum atomic E-state index is 10.9. The van der Waals surface area contributed by atoms with Crippen molar-refractivity contribution in [2.45, 2.75) is 75.7 Å². The lowest BCUT2D eigenvalue weighted by atomic mass is 10.1. The van der Waals surface area contributed by atoms with Gasteiger partial charge in [-0.3, -0.25) is 9.59 Å². The molecule has 0 unspecified atom stereocenters. The van der Waals surface area contributed by atoms with Crippen molar-refractivity contribution in [2.24, 2.45) is 5.73 Å². The fraction of sp³-hybridized carbons (Fsp3) is 0.565. The lowest BCUT2D eigenvalue weighted by Gasteiger charge is -2.20. The van der Waals surface area contributed by atoms with Gasteiger partial charge in [0, 0.05) is 23.8 Å². The first kappa shape index (κ1) is 27.8. The Hall–Kier alpha value is -2.19. The molecule has 0 fully saturated rings. The highest BCUT2D eigenvalue weighted by Crippen LogP contribution is 2.21. The molecule has 0 saturated heterocycles. The first-order valence-corrected chi connectivity index (χ1v) is 11.2. The van der Waals surface area contributed by atoms with Crippen LogP contribution in [0.15, 0.2) is 24.3 Å². The number of carboxylic acids is 2. The molecule has 0 bridgehead atoms. The van der Waals surface area contributed by atoms with Crippen LogP contribution in [-0.4, -0.2) is 50.4 Å². The molecule has 6 nitrogen and oxygen atoms in total. The van der Waals surface area contributed by atoms with Gasteiger partial charge in [-0.2, -0.15) is 0 Å². The Bertz CT molecular complexity index is 681. The number of carboxylic acid groups (broad SMARTS) is 2. The molecule has 0 rings (SSSR count). The van der Waals surface area contributed by atoms with Crippen LogP contribution >= 0.6 is 11.8 Å². The Balaban J connectivity index is 4.59.